The molecular formula is C18H20N2O3. The predicted octanol–water partition coefficient (Wildman–Crippen LogP) is 2.79. The quantitative estimate of drug-likeness (QED) is 0.882. The smallest absolute Gasteiger partial charge is 0.341 e. The fourth-order valence-corrected chi connectivity index (χ4v) is 2.91. The number of benzene rings is 1. The lowest BCUT2D eigenvalue weighted by molar-refractivity contribution is 0.0526. The molecule has 0 radical (unpaired) electrons. The van der Waals surface area contributed by atoms with Crippen LogP contribution in [0.1, 0.15) is 34.8 Å². The van der Waals surface area contributed by atoms with E-state index in [9.17, 15) is 9.59 Å². The van der Waals surface area contributed by atoms with E-state index in [-0.39, 0.29) is 5.56 Å². The van der Waals surface area contributed by atoms with E-state index in [1.807, 2.05) is 6.07 Å². The third-order valence-electron chi connectivity index (χ3n) is 4.10. The van der Waals surface area contributed by atoms with Gasteiger partial charge in [-0.1, -0.05) is 6.07 Å². The average molecular weight is 312 g/mol. The molecule has 1 aliphatic carbocycles. The Kier molecular flexibility index (Phi) is 4.19. The Hall–Kier alpha value is -2.56. The van der Waals surface area contributed by atoms with Crippen molar-refractivity contribution in [1.29, 1.82) is 0 Å². The molecule has 0 spiro atoms. The number of nitrogens with one attached hydrogen (secondary N) is 1. The number of anilines is 2. The summed E-state index contributed by atoms with van der Waals surface area (Å²) in [7, 11) is 1.62. The van der Waals surface area contributed by atoms with Crippen molar-refractivity contribution < 1.29 is 9.53 Å². The fraction of sp³-hybridized carbons (Fsp3) is 0.333. The number of carbonyl (C=O) groups is 1. The van der Waals surface area contributed by atoms with Gasteiger partial charge in [-0.05, 0) is 49.4 Å². The molecule has 0 saturated heterocycles. The molecule has 0 unspecified atom stereocenters. The molecule has 2 aromatic rings. The van der Waals surface area contributed by atoms with Crippen LogP contribution in [0.25, 0.3) is 0 Å². The van der Waals surface area contributed by atoms with E-state index in [1.54, 1.807) is 14.0 Å². The molecule has 5 nitrogen and oxygen atoms in total. The normalized spacial score (nSPS) is 12.8. The standard InChI is InChI=1S/C18H20N2O3/c1-3-23-18(22)15-11-20(2)17(21)10-16(15)19-14-8-7-12-5-4-6-13(12)9-14/h7-11,19H,3-6H2,1-2H3. The van der Waals surface area contributed by atoms with E-state index >= 15 is 0 Å². The van der Waals surface area contributed by atoms with Crippen LogP contribution in [-0.2, 0) is 24.6 Å². The average Bonchev–Trinajstić information content (AvgIpc) is 2.98. The molecule has 1 heterocycles. The number of hydrogen-bond acceptors (Lipinski definition) is 4. The number of esters is 1. The summed E-state index contributed by atoms with van der Waals surface area (Å²) in [5, 5.41) is 3.20. The number of aromatic nitrogens is 1. The van der Waals surface area contributed by atoms with Crippen molar-refractivity contribution in [2.75, 3.05) is 11.9 Å². The van der Waals surface area contributed by atoms with Gasteiger partial charge in [-0.3, -0.25) is 4.79 Å². The molecule has 3 rings (SSSR count). The Morgan fingerprint density at radius 2 is 2.04 bits per heavy atom. The number of pyridine rings is 1. The van der Waals surface area contributed by atoms with Gasteiger partial charge in [0.2, 0.25) is 0 Å². The monoisotopic (exact) mass is 312 g/mol. The highest BCUT2D eigenvalue weighted by Crippen LogP contribution is 2.27. The van der Waals surface area contributed by atoms with Crippen molar-refractivity contribution >= 4 is 17.3 Å². The van der Waals surface area contributed by atoms with Gasteiger partial charge in [0.25, 0.3) is 5.56 Å². The van der Waals surface area contributed by atoms with Crippen LogP contribution in [0.2, 0.25) is 0 Å². The summed E-state index contributed by atoms with van der Waals surface area (Å²) in [6.45, 7) is 2.05. The van der Waals surface area contributed by atoms with Crippen molar-refractivity contribution in [3.8, 4) is 0 Å². The maximum atomic E-state index is 12.1. The topological polar surface area (TPSA) is 60.3 Å². The lowest BCUT2D eigenvalue weighted by Crippen LogP contribution is -2.20. The van der Waals surface area contributed by atoms with E-state index < -0.39 is 5.97 Å². The Bertz CT molecular complexity index is 808. The van der Waals surface area contributed by atoms with Crippen LogP contribution in [-0.4, -0.2) is 17.1 Å². The fourth-order valence-electron chi connectivity index (χ4n) is 2.91. The number of hydrogen-bond donors (Lipinski definition) is 1. The molecule has 0 fully saturated rings. The van der Waals surface area contributed by atoms with E-state index in [0.717, 1.165) is 18.5 Å². The molecule has 1 N–H and O–H groups in total. The van der Waals surface area contributed by atoms with E-state index in [4.69, 9.17) is 4.74 Å². The minimum absolute atomic E-state index is 0.179. The van der Waals surface area contributed by atoms with E-state index in [2.05, 4.69) is 17.4 Å². The molecule has 0 atom stereocenters. The predicted molar refractivity (Wildman–Crippen MR) is 89.4 cm³/mol. The Morgan fingerprint density at radius 3 is 2.83 bits per heavy atom. The summed E-state index contributed by atoms with van der Waals surface area (Å²) in [4.78, 5) is 24.0. The molecule has 5 heteroatoms. The number of rotatable bonds is 4. The van der Waals surface area contributed by atoms with Gasteiger partial charge in [0.15, 0.2) is 0 Å². The summed E-state index contributed by atoms with van der Waals surface area (Å²) in [5.41, 5.74) is 4.24. The highest BCUT2D eigenvalue weighted by Gasteiger charge is 2.16. The van der Waals surface area contributed by atoms with Gasteiger partial charge in [0.1, 0.15) is 0 Å². The van der Waals surface area contributed by atoms with Crippen LogP contribution in [0.15, 0.2) is 35.3 Å². The van der Waals surface area contributed by atoms with Gasteiger partial charge in [-0.25, -0.2) is 4.79 Å². The first kappa shape index (κ1) is 15.3. The second-order valence-electron chi connectivity index (χ2n) is 5.73. The van der Waals surface area contributed by atoms with Gasteiger partial charge in [-0.2, -0.15) is 0 Å². The van der Waals surface area contributed by atoms with Gasteiger partial charge in [0, 0.05) is 25.0 Å². The number of nitrogens with zero attached hydrogens (tertiary/aromatic N) is 1. The van der Waals surface area contributed by atoms with Crippen LogP contribution in [0.3, 0.4) is 0 Å². The number of carbonyl (C=O) groups excluding carboxylic acids is 1. The minimum atomic E-state index is -0.438. The Labute approximate surface area is 134 Å². The van der Waals surface area contributed by atoms with Crippen molar-refractivity contribution in [1.82, 2.24) is 4.57 Å². The third-order valence-corrected chi connectivity index (χ3v) is 4.10. The van der Waals surface area contributed by atoms with Crippen LogP contribution < -0.4 is 10.9 Å². The zero-order valence-electron chi connectivity index (χ0n) is 13.4. The van der Waals surface area contributed by atoms with Crippen LogP contribution in [0.5, 0.6) is 0 Å². The number of aryl methyl sites for hydroxylation is 3. The van der Waals surface area contributed by atoms with Crippen LogP contribution >= 0.6 is 0 Å². The number of ether oxygens (including phenoxy) is 1. The summed E-state index contributed by atoms with van der Waals surface area (Å²) in [6.07, 6.45) is 4.89. The molecule has 120 valence electrons. The Balaban J connectivity index is 1.96. The highest BCUT2D eigenvalue weighted by molar-refractivity contribution is 5.96. The van der Waals surface area contributed by atoms with Crippen molar-refractivity contribution in [2.24, 2.45) is 7.05 Å². The van der Waals surface area contributed by atoms with Gasteiger partial charge >= 0.3 is 5.97 Å². The maximum Gasteiger partial charge on any atom is 0.341 e. The SMILES string of the molecule is CCOC(=O)c1cn(C)c(=O)cc1Nc1ccc2c(c1)CCC2. The summed E-state index contributed by atoms with van der Waals surface area (Å²) in [5.74, 6) is -0.438. The molecule has 23 heavy (non-hydrogen) atoms. The first-order valence-electron chi connectivity index (χ1n) is 7.85. The largest absolute Gasteiger partial charge is 0.462 e. The molecule has 0 aliphatic heterocycles. The van der Waals surface area contributed by atoms with Crippen molar-refractivity contribution in [2.45, 2.75) is 26.2 Å². The molecule has 0 bridgehead atoms. The molecule has 0 amide bonds. The molecule has 1 aliphatic rings. The Morgan fingerprint density at radius 1 is 1.26 bits per heavy atom. The molecule has 1 aromatic carbocycles. The lowest BCUT2D eigenvalue weighted by atomic mass is 10.1. The zero-order valence-corrected chi connectivity index (χ0v) is 13.4. The molecule has 1 aromatic heterocycles. The van der Waals surface area contributed by atoms with Crippen molar-refractivity contribution in [3.05, 3.63) is 57.5 Å². The zero-order chi connectivity index (χ0) is 16.4. The molecule has 0 saturated carbocycles. The second-order valence-corrected chi connectivity index (χ2v) is 5.73. The van der Waals surface area contributed by atoms with Gasteiger partial charge in [0.05, 0.1) is 17.9 Å². The summed E-state index contributed by atoms with van der Waals surface area (Å²) in [6, 6.07) is 7.61. The van der Waals surface area contributed by atoms with E-state index in [1.165, 1.54) is 34.4 Å². The summed E-state index contributed by atoms with van der Waals surface area (Å²) < 4.78 is 6.46. The second kappa shape index (κ2) is 6.28. The first-order chi connectivity index (χ1) is 11.1. The van der Waals surface area contributed by atoms with Gasteiger partial charge < -0.3 is 14.6 Å². The highest BCUT2D eigenvalue weighted by atomic mass is 16.5. The van der Waals surface area contributed by atoms with E-state index in [0.29, 0.717) is 17.9 Å². The maximum absolute atomic E-state index is 12.1. The van der Waals surface area contributed by atoms with Crippen molar-refractivity contribution in [3.63, 3.8) is 0 Å². The first-order valence-corrected chi connectivity index (χ1v) is 7.85. The number of fused-ring (bicyclic) bond motifs is 1. The summed E-state index contributed by atoms with van der Waals surface area (Å²) >= 11 is 0. The molecular weight excluding hydrogens is 292 g/mol. The minimum Gasteiger partial charge on any atom is -0.462 e. The van der Waals surface area contributed by atoms with Crippen LogP contribution in [0.4, 0.5) is 11.4 Å². The third kappa shape index (κ3) is 3.13. The van der Waals surface area contributed by atoms with Crippen LogP contribution in [0, 0.1) is 0 Å². The van der Waals surface area contributed by atoms with Gasteiger partial charge in [-0.15, -0.1) is 0 Å². The lowest BCUT2D eigenvalue weighted by Gasteiger charge is -2.13.